The number of ether oxygens (including phenoxy) is 1. The van der Waals surface area contributed by atoms with Crippen molar-refractivity contribution < 1.29 is 4.74 Å². The van der Waals surface area contributed by atoms with Crippen LogP contribution in [0, 0.1) is 0 Å². The molecule has 0 N–H and O–H groups in total. The van der Waals surface area contributed by atoms with E-state index in [0.29, 0.717) is 0 Å². The van der Waals surface area contributed by atoms with Crippen molar-refractivity contribution in [3.8, 4) is 17.0 Å². The lowest BCUT2D eigenvalue weighted by molar-refractivity contribution is 0.415. The van der Waals surface area contributed by atoms with Crippen molar-refractivity contribution in [3.63, 3.8) is 0 Å². The molecule has 0 bridgehead atoms. The number of rotatable bonds is 3. The van der Waals surface area contributed by atoms with Gasteiger partial charge in [0.1, 0.15) is 17.8 Å². The maximum Gasteiger partial charge on any atom is 0.158 e. The Hall–Kier alpha value is -2.17. The normalized spacial score (nSPS) is 15.2. The Labute approximate surface area is 118 Å². The average molecular weight is 270 g/mol. The third-order valence-corrected chi connectivity index (χ3v) is 3.62. The molecule has 0 unspecified atom stereocenters. The zero-order valence-corrected chi connectivity index (χ0v) is 11.6. The van der Waals surface area contributed by atoms with E-state index in [4.69, 9.17) is 4.74 Å². The third-order valence-electron chi connectivity index (χ3n) is 3.62. The molecule has 2 aromatic rings. The molecule has 0 saturated carbocycles. The second kappa shape index (κ2) is 5.86. The summed E-state index contributed by atoms with van der Waals surface area (Å²) in [6.45, 7) is 2.09. The molecule has 0 aliphatic carbocycles. The Morgan fingerprint density at radius 3 is 2.50 bits per heavy atom. The number of piperidine rings is 1. The predicted molar refractivity (Wildman–Crippen MR) is 77.9 cm³/mol. The Morgan fingerprint density at radius 2 is 1.80 bits per heavy atom. The van der Waals surface area contributed by atoms with Gasteiger partial charge < -0.3 is 9.64 Å². The van der Waals surface area contributed by atoms with Gasteiger partial charge in [-0.25, -0.2) is 4.98 Å². The van der Waals surface area contributed by atoms with Crippen LogP contribution in [0.3, 0.4) is 0 Å². The molecule has 0 radical (unpaired) electrons. The smallest absolute Gasteiger partial charge is 0.158 e. The first-order valence-electron chi connectivity index (χ1n) is 6.95. The number of aromatic nitrogens is 3. The molecule has 1 saturated heterocycles. The first-order valence-corrected chi connectivity index (χ1v) is 6.95. The first-order chi connectivity index (χ1) is 9.88. The van der Waals surface area contributed by atoms with Crippen LogP contribution in [0.4, 0.5) is 5.82 Å². The van der Waals surface area contributed by atoms with Crippen LogP contribution in [0.15, 0.2) is 30.6 Å². The van der Waals surface area contributed by atoms with E-state index in [1.165, 1.54) is 25.6 Å². The summed E-state index contributed by atoms with van der Waals surface area (Å²) in [5, 5.41) is 8.22. The SMILES string of the molecule is COc1ccc(-c2nncnc2N2CCCCC2)cc1. The van der Waals surface area contributed by atoms with Gasteiger partial charge in [0.15, 0.2) is 5.82 Å². The van der Waals surface area contributed by atoms with E-state index in [1.54, 1.807) is 7.11 Å². The van der Waals surface area contributed by atoms with Gasteiger partial charge in [-0.3, -0.25) is 0 Å². The van der Waals surface area contributed by atoms with Crippen molar-refractivity contribution >= 4 is 5.82 Å². The van der Waals surface area contributed by atoms with Crippen LogP contribution in [0.2, 0.25) is 0 Å². The number of hydrogen-bond donors (Lipinski definition) is 0. The second-order valence-electron chi connectivity index (χ2n) is 4.91. The average Bonchev–Trinajstić information content (AvgIpc) is 2.56. The molecule has 20 heavy (non-hydrogen) atoms. The highest BCUT2D eigenvalue weighted by Gasteiger charge is 2.18. The van der Waals surface area contributed by atoms with Gasteiger partial charge in [-0.05, 0) is 43.5 Å². The topological polar surface area (TPSA) is 51.1 Å². The summed E-state index contributed by atoms with van der Waals surface area (Å²) in [7, 11) is 1.66. The third kappa shape index (κ3) is 2.57. The predicted octanol–water partition coefficient (Wildman–Crippen LogP) is 2.54. The molecule has 5 heteroatoms. The van der Waals surface area contributed by atoms with Gasteiger partial charge in [0.05, 0.1) is 7.11 Å². The van der Waals surface area contributed by atoms with Crippen LogP contribution in [-0.2, 0) is 0 Å². The van der Waals surface area contributed by atoms with Gasteiger partial charge in [0.2, 0.25) is 0 Å². The molecule has 0 atom stereocenters. The number of hydrogen-bond acceptors (Lipinski definition) is 5. The van der Waals surface area contributed by atoms with E-state index >= 15 is 0 Å². The van der Waals surface area contributed by atoms with Crippen molar-refractivity contribution in [2.24, 2.45) is 0 Å². The molecule has 1 aromatic carbocycles. The summed E-state index contributed by atoms with van der Waals surface area (Å²) in [6.07, 6.45) is 5.25. The number of benzene rings is 1. The van der Waals surface area contributed by atoms with Crippen molar-refractivity contribution in [1.29, 1.82) is 0 Å². The highest BCUT2D eigenvalue weighted by atomic mass is 16.5. The summed E-state index contributed by atoms with van der Waals surface area (Å²) < 4.78 is 5.19. The minimum absolute atomic E-state index is 0.838. The van der Waals surface area contributed by atoms with E-state index in [-0.39, 0.29) is 0 Å². The van der Waals surface area contributed by atoms with Gasteiger partial charge >= 0.3 is 0 Å². The molecule has 3 rings (SSSR count). The zero-order chi connectivity index (χ0) is 13.8. The number of anilines is 1. The van der Waals surface area contributed by atoms with Crippen molar-refractivity contribution in [2.75, 3.05) is 25.1 Å². The lowest BCUT2D eigenvalue weighted by Crippen LogP contribution is -2.31. The largest absolute Gasteiger partial charge is 0.497 e. The summed E-state index contributed by atoms with van der Waals surface area (Å²) in [5.74, 6) is 1.77. The van der Waals surface area contributed by atoms with Gasteiger partial charge in [-0.2, -0.15) is 0 Å². The summed E-state index contributed by atoms with van der Waals surface area (Å²) in [5.41, 5.74) is 1.86. The minimum atomic E-state index is 0.838. The van der Waals surface area contributed by atoms with Crippen molar-refractivity contribution in [1.82, 2.24) is 15.2 Å². The van der Waals surface area contributed by atoms with Crippen LogP contribution in [-0.4, -0.2) is 35.4 Å². The summed E-state index contributed by atoms with van der Waals surface area (Å²) >= 11 is 0. The molecule has 2 heterocycles. The monoisotopic (exact) mass is 270 g/mol. The van der Waals surface area contributed by atoms with Crippen molar-refractivity contribution in [2.45, 2.75) is 19.3 Å². The summed E-state index contributed by atoms with van der Waals surface area (Å²) in [6, 6.07) is 7.87. The highest BCUT2D eigenvalue weighted by molar-refractivity contribution is 5.72. The molecule has 1 aromatic heterocycles. The summed E-state index contributed by atoms with van der Waals surface area (Å²) in [4.78, 5) is 6.75. The standard InChI is InChI=1S/C15H18N4O/c1-20-13-7-5-12(6-8-13)14-15(16-11-17-18-14)19-9-3-2-4-10-19/h5-8,11H,2-4,9-10H2,1H3. The fourth-order valence-electron chi connectivity index (χ4n) is 2.54. The second-order valence-corrected chi connectivity index (χ2v) is 4.91. The molecular formula is C15H18N4O. The van der Waals surface area contributed by atoms with Gasteiger partial charge in [0.25, 0.3) is 0 Å². The molecular weight excluding hydrogens is 252 g/mol. The van der Waals surface area contributed by atoms with E-state index < -0.39 is 0 Å². The maximum absolute atomic E-state index is 5.19. The first kappa shape index (κ1) is 12.8. The van der Waals surface area contributed by atoms with Crippen LogP contribution < -0.4 is 9.64 Å². The Balaban J connectivity index is 1.95. The fourth-order valence-corrected chi connectivity index (χ4v) is 2.54. The molecule has 1 aliphatic heterocycles. The minimum Gasteiger partial charge on any atom is -0.497 e. The quantitative estimate of drug-likeness (QED) is 0.858. The molecule has 0 amide bonds. The van der Waals surface area contributed by atoms with E-state index in [9.17, 15) is 0 Å². The van der Waals surface area contributed by atoms with Gasteiger partial charge in [0, 0.05) is 18.7 Å². The molecule has 5 nitrogen and oxygen atoms in total. The Kier molecular flexibility index (Phi) is 3.76. The van der Waals surface area contributed by atoms with Gasteiger partial charge in [-0.1, -0.05) is 0 Å². The molecule has 0 spiro atoms. The lowest BCUT2D eigenvalue weighted by Gasteiger charge is -2.28. The van der Waals surface area contributed by atoms with E-state index in [2.05, 4.69) is 20.1 Å². The van der Waals surface area contributed by atoms with E-state index in [0.717, 1.165) is 35.9 Å². The maximum atomic E-state index is 5.19. The Bertz CT molecular complexity index is 564. The van der Waals surface area contributed by atoms with Crippen molar-refractivity contribution in [3.05, 3.63) is 30.6 Å². The van der Waals surface area contributed by atoms with Crippen LogP contribution >= 0.6 is 0 Å². The Morgan fingerprint density at radius 1 is 1.05 bits per heavy atom. The van der Waals surface area contributed by atoms with E-state index in [1.807, 2.05) is 24.3 Å². The lowest BCUT2D eigenvalue weighted by atomic mass is 10.1. The van der Waals surface area contributed by atoms with Crippen LogP contribution in [0.25, 0.3) is 11.3 Å². The highest BCUT2D eigenvalue weighted by Crippen LogP contribution is 2.29. The molecule has 1 aliphatic rings. The van der Waals surface area contributed by atoms with Crippen LogP contribution in [0.5, 0.6) is 5.75 Å². The number of methoxy groups -OCH3 is 1. The zero-order valence-electron chi connectivity index (χ0n) is 11.6. The van der Waals surface area contributed by atoms with Crippen LogP contribution in [0.1, 0.15) is 19.3 Å². The molecule has 104 valence electrons. The number of nitrogens with zero attached hydrogens (tertiary/aromatic N) is 4. The fraction of sp³-hybridized carbons (Fsp3) is 0.400. The molecule has 1 fully saturated rings. The van der Waals surface area contributed by atoms with Gasteiger partial charge in [-0.15, -0.1) is 10.2 Å².